The fourth-order valence-electron chi connectivity index (χ4n) is 1.90. The summed E-state index contributed by atoms with van der Waals surface area (Å²) in [4.78, 5) is 22.7. The average Bonchev–Trinajstić information content (AvgIpc) is 3.09. The van der Waals surface area contributed by atoms with Crippen LogP contribution in [0.25, 0.3) is 0 Å². The number of aliphatic carboxylic acids is 1. The van der Waals surface area contributed by atoms with E-state index in [0.29, 0.717) is 18.7 Å². The van der Waals surface area contributed by atoms with E-state index in [1.807, 2.05) is 6.92 Å². The molecule has 2 heterocycles. The molecule has 0 saturated heterocycles. The summed E-state index contributed by atoms with van der Waals surface area (Å²) in [5, 5.41) is 15.5. The number of carboxylic acid groups (broad SMARTS) is 1. The van der Waals surface area contributed by atoms with Gasteiger partial charge >= 0.3 is 5.97 Å². The second-order valence-electron chi connectivity index (χ2n) is 4.65. The van der Waals surface area contributed by atoms with Gasteiger partial charge in [-0.15, -0.1) is 0 Å². The number of hydrogen-bond donors (Lipinski definition) is 2. The molecule has 1 amide bonds. The van der Waals surface area contributed by atoms with Crippen molar-refractivity contribution in [1.29, 1.82) is 0 Å². The maximum atomic E-state index is 12.0. The van der Waals surface area contributed by atoms with Crippen LogP contribution in [0.4, 0.5) is 0 Å². The quantitative estimate of drug-likeness (QED) is 0.805. The molecule has 0 radical (unpaired) electrons. The van der Waals surface area contributed by atoms with Crippen molar-refractivity contribution in [2.24, 2.45) is 0 Å². The minimum Gasteiger partial charge on any atom is -0.481 e. The van der Waals surface area contributed by atoms with Crippen LogP contribution >= 0.6 is 0 Å². The van der Waals surface area contributed by atoms with Gasteiger partial charge in [-0.25, -0.2) is 0 Å². The summed E-state index contributed by atoms with van der Waals surface area (Å²) >= 11 is 0. The molecule has 2 rings (SSSR count). The summed E-state index contributed by atoms with van der Waals surface area (Å²) in [7, 11) is 0. The van der Waals surface area contributed by atoms with Crippen LogP contribution in [0.5, 0.6) is 0 Å². The first-order chi connectivity index (χ1) is 10.1. The zero-order chi connectivity index (χ0) is 15.2. The fourth-order valence-corrected chi connectivity index (χ4v) is 1.90. The molecule has 1 unspecified atom stereocenters. The monoisotopic (exact) mass is 291 g/mol. The van der Waals surface area contributed by atoms with Crippen LogP contribution < -0.4 is 5.32 Å². The molecule has 21 heavy (non-hydrogen) atoms. The van der Waals surface area contributed by atoms with Gasteiger partial charge in [0.2, 0.25) is 0 Å². The summed E-state index contributed by atoms with van der Waals surface area (Å²) in [6.45, 7) is 2.26. The van der Waals surface area contributed by atoms with Crippen molar-refractivity contribution < 1.29 is 19.1 Å². The number of carbonyl (C=O) groups excluding carboxylic acids is 1. The van der Waals surface area contributed by atoms with E-state index in [4.69, 9.17) is 9.52 Å². The molecule has 0 spiro atoms. The molecule has 0 aliphatic carbocycles. The Balaban J connectivity index is 1.96. The van der Waals surface area contributed by atoms with Crippen LogP contribution in [0.1, 0.15) is 36.1 Å². The van der Waals surface area contributed by atoms with Crippen LogP contribution in [0.2, 0.25) is 0 Å². The Hall–Kier alpha value is -2.57. The highest BCUT2D eigenvalue weighted by molar-refractivity contribution is 5.91. The van der Waals surface area contributed by atoms with E-state index in [1.165, 1.54) is 0 Å². The smallest absolute Gasteiger partial charge is 0.305 e. The van der Waals surface area contributed by atoms with Crippen molar-refractivity contribution in [1.82, 2.24) is 15.1 Å². The standard InChI is InChI=1S/C14H17N3O4/c1-2-10(8-13(18)19)16-14(20)12-5-4-11(21-12)9-17-7-3-6-15-17/h3-7,10H,2,8-9H2,1H3,(H,16,20)(H,18,19). The van der Waals surface area contributed by atoms with E-state index in [-0.39, 0.29) is 12.2 Å². The molecule has 7 nitrogen and oxygen atoms in total. The number of carbonyl (C=O) groups is 2. The second-order valence-corrected chi connectivity index (χ2v) is 4.65. The lowest BCUT2D eigenvalue weighted by molar-refractivity contribution is -0.137. The zero-order valence-electron chi connectivity index (χ0n) is 11.7. The largest absolute Gasteiger partial charge is 0.481 e. The van der Waals surface area contributed by atoms with Crippen molar-refractivity contribution in [2.75, 3.05) is 0 Å². The number of aromatic nitrogens is 2. The molecular formula is C14H17N3O4. The van der Waals surface area contributed by atoms with E-state index < -0.39 is 17.9 Å². The molecule has 0 bridgehead atoms. The lowest BCUT2D eigenvalue weighted by Crippen LogP contribution is -2.35. The second kappa shape index (κ2) is 6.74. The Bertz CT molecular complexity index is 604. The van der Waals surface area contributed by atoms with Crippen molar-refractivity contribution in [3.63, 3.8) is 0 Å². The van der Waals surface area contributed by atoms with Crippen molar-refractivity contribution in [3.05, 3.63) is 42.1 Å². The highest BCUT2D eigenvalue weighted by Crippen LogP contribution is 2.10. The Morgan fingerprint density at radius 2 is 2.29 bits per heavy atom. The molecule has 0 fully saturated rings. The number of hydrogen-bond acceptors (Lipinski definition) is 4. The third-order valence-corrected chi connectivity index (χ3v) is 3.01. The molecule has 0 saturated carbocycles. The van der Waals surface area contributed by atoms with E-state index in [9.17, 15) is 9.59 Å². The Labute approximate surface area is 121 Å². The summed E-state index contributed by atoms with van der Waals surface area (Å²) in [5.74, 6) is -0.577. The maximum Gasteiger partial charge on any atom is 0.305 e. The molecule has 2 N–H and O–H groups in total. The zero-order valence-corrected chi connectivity index (χ0v) is 11.7. The normalized spacial score (nSPS) is 12.0. The van der Waals surface area contributed by atoms with Crippen LogP contribution in [0.3, 0.4) is 0 Å². The molecule has 112 valence electrons. The topological polar surface area (TPSA) is 97.4 Å². The predicted molar refractivity (Wildman–Crippen MR) is 73.8 cm³/mol. The first kappa shape index (κ1) is 14.8. The molecule has 0 aromatic carbocycles. The number of rotatable bonds is 7. The first-order valence-corrected chi connectivity index (χ1v) is 6.67. The lowest BCUT2D eigenvalue weighted by Gasteiger charge is -2.13. The van der Waals surface area contributed by atoms with Crippen LogP contribution in [0, 0.1) is 0 Å². The summed E-state index contributed by atoms with van der Waals surface area (Å²) in [5.41, 5.74) is 0. The maximum absolute atomic E-state index is 12.0. The lowest BCUT2D eigenvalue weighted by atomic mass is 10.1. The van der Waals surface area contributed by atoms with Gasteiger partial charge in [0.25, 0.3) is 5.91 Å². The SMILES string of the molecule is CCC(CC(=O)O)NC(=O)c1ccc(Cn2cccn2)o1. The van der Waals surface area contributed by atoms with Crippen LogP contribution in [-0.4, -0.2) is 32.8 Å². The fraction of sp³-hybridized carbons (Fsp3) is 0.357. The number of nitrogens with zero attached hydrogens (tertiary/aromatic N) is 2. The third-order valence-electron chi connectivity index (χ3n) is 3.01. The van der Waals surface area contributed by atoms with Gasteiger partial charge in [0.15, 0.2) is 5.76 Å². The summed E-state index contributed by atoms with van der Waals surface area (Å²) in [6.07, 6.45) is 3.89. The number of amides is 1. The molecule has 2 aromatic heterocycles. The number of carboxylic acids is 1. The summed E-state index contributed by atoms with van der Waals surface area (Å²) < 4.78 is 7.13. The van der Waals surface area contributed by atoms with Crippen LogP contribution in [0.15, 0.2) is 35.0 Å². The molecule has 0 aliphatic heterocycles. The van der Waals surface area contributed by atoms with E-state index in [2.05, 4.69) is 10.4 Å². The van der Waals surface area contributed by atoms with E-state index in [1.54, 1.807) is 35.3 Å². The predicted octanol–water partition coefficient (Wildman–Crippen LogP) is 1.51. The molecule has 0 aliphatic rings. The highest BCUT2D eigenvalue weighted by atomic mass is 16.4. The van der Waals surface area contributed by atoms with Crippen molar-refractivity contribution >= 4 is 11.9 Å². The van der Waals surface area contributed by atoms with Gasteiger partial charge in [0, 0.05) is 18.4 Å². The average molecular weight is 291 g/mol. The van der Waals surface area contributed by atoms with E-state index >= 15 is 0 Å². The minimum absolute atomic E-state index is 0.108. The van der Waals surface area contributed by atoms with Gasteiger partial charge in [-0.1, -0.05) is 6.92 Å². The van der Waals surface area contributed by atoms with Gasteiger partial charge in [0.05, 0.1) is 13.0 Å². The molecule has 1 atom stereocenters. The van der Waals surface area contributed by atoms with Crippen LogP contribution in [-0.2, 0) is 11.3 Å². The molecular weight excluding hydrogens is 274 g/mol. The molecule has 2 aromatic rings. The van der Waals surface area contributed by atoms with Gasteiger partial charge in [-0.2, -0.15) is 5.10 Å². The molecule has 7 heteroatoms. The van der Waals surface area contributed by atoms with E-state index in [0.717, 1.165) is 0 Å². The number of furan rings is 1. The Kier molecular flexibility index (Phi) is 4.76. The van der Waals surface area contributed by atoms with Gasteiger partial charge in [0.1, 0.15) is 5.76 Å². The van der Waals surface area contributed by atoms with Gasteiger partial charge in [-0.05, 0) is 24.6 Å². The van der Waals surface area contributed by atoms with Gasteiger partial charge in [-0.3, -0.25) is 14.3 Å². The third kappa shape index (κ3) is 4.20. The Morgan fingerprint density at radius 3 is 2.90 bits per heavy atom. The van der Waals surface area contributed by atoms with Crippen molar-refractivity contribution in [3.8, 4) is 0 Å². The minimum atomic E-state index is -0.944. The first-order valence-electron chi connectivity index (χ1n) is 6.67. The Morgan fingerprint density at radius 1 is 1.48 bits per heavy atom. The van der Waals surface area contributed by atoms with Gasteiger partial charge < -0.3 is 14.8 Å². The summed E-state index contributed by atoms with van der Waals surface area (Å²) in [6, 6.07) is 4.67. The van der Waals surface area contributed by atoms with Crippen molar-refractivity contribution in [2.45, 2.75) is 32.4 Å². The highest BCUT2D eigenvalue weighted by Gasteiger charge is 2.17. The number of nitrogens with one attached hydrogen (secondary N) is 1.